The van der Waals surface area contributed by atoms with Crippen LogP contribution in [0.5, 0.6) is 0 Å². The number of nitrogens with one attached hydrogen (secondary N) is 1. The number of fused-ring (bicyclic) bond motifs is 1. The lowest BCUT2D eigenvalue weighted by atomic mass is 10.1. The molecule has 3 aromatic rings. The quantitative estimate of drug-likeness (QED) is 0.562. The maximum Gasteiger partial charge on any atom is 0.332 e. The summed E-state index contributed by atoms with van der Waals surface area (Å²) in [6, 6.07) is 11.8. The largest absolute Gasteiger partial charge is 0.355 e. The molecule has 0 aliphatic heterocycles. The van der Waals surface area contributed by atoms with Gasteiger partial charge in [0.05, 0.1) is 5.52 Å². The minimum atomic E-state index is -0.413. The van der Waals surface area contributed by atoms with Crippen LogP contribution in [0.4, 0.5) is 0 Å². The van der Waals surface area contributed by atoms with Crippen molar-refractivity contribution < 1.29 is 4.79 Å². The molecule has 0 spiro atoms. The number of aryl methyl sites for hydroxylation is 1. The maximum atomic E-state index is 12.8. The second kappa shape index (κ2) is 9.50. The van der Waals surface area contributed by atoms with E-state index >= 15 is 0 Å². The minimum Gasteiger partial charge on any atom is -0.355 e. The van der Waals surface area contributed by atoms with Gasteiger partial charge in [0.2, 0.25) is 5.91 Å². The zero-order chi connectivity index (χ0) is 19.9. The monoisotopic (exact) mass is 399 g/mol. The number of amides is 1. The molecule has 28 heavy (non-hydrogen) atoms. The molecule has 0 radical (unpaired) electrons. The summed E-state index contributed by atoms with van der Waals surface area (Å²) in [6.07, 6.45) is 3.35. The molecular weight excluding hydrogens is 374 g/mol. The fourth-order valence-corrected chi connectivity index (χ4v) is 4.01. The van der Waals surface area contributed by atoms with Crippen molar-refractivity contribution in [3.8, 4) is 0 Å². The summed E-state index contributed by atoms with van der Waals surface area (Å²) in [5.74, 6) is -0.219. The molecule has 6 nitrogen and oxygen atoms in total. The van der Waals surface area contributed by atoms with E-state index in [0.29, 0.717) is 23.3 Å². The van der Waals surface area contributed by atoms with Crippen LogP contribution in [0.15, 0.2) is 51.4 Å². The Bertz CT molecular complexity index is 1050. The van der Waals surface area contributed by atoms with E-state index in [9.17, 15) is 14.4 Å². The maximum absolute atomic E-state index is 12.8. The van der Waals surface area contributed by atoms with E-state index in [1.54, 1.807) is 11.4 Å². The van der Waals surface area contributed by atoms with Gasteiger partial charge in [0.25, 0.3) is 5.56 Å². The van der Waals surface area contributed by atoms with E-state index in [1.807, 2.05) is 25.1 Å². The second-order valence-electron chi connectivity index (χ2n) is 6.75. The highest BCUT2D eigenvalue weighted by molar-refractivity contribution is 7.17. The van der Waals surface area contributed by atoms with Crippen LogP contribution >= 0.6 is 11.3 Å². The molecule has 0 unspecified atom stereocenters. The average molecular weight is 400 g/mol. The zero-order valence-electron chi connectivity index (χ0n) is 16.0. The van der Waals surface area contributed by atoms with E-state index in [0.717, 1.165) is 25.7 Å². The van der Waals surface area contributed by atoms with Crippen LogP contribution in [0.1, 0.15) is 31.7 Å². The van der Waals surface area contributed by atoms with Crippen molar-refractivity contribution in [2.24, 2.45) is 0 Å². The summed E-state index contributed by atoms with van der Waals surface area (Å²) in [7, 11) is 0. The number of hydrogen-bond donors (Lipinski definition) is 1. The van der Waals surface area contributed by atoms with Crippen molar-refractivity contribution in [2.75, 3.05) is 6.54 Å². The van der Waals surface area contributed by atoms with Gasteiger partial charge in [-0.1, -0.05) is 43.7 Å². The van der Waals surface area contributed by atoms with Gasteiger partial charge in [0.15, 0.2) is 0 Å². The molecule has 0 bridgehead atoms. The Morgan fingerprint density at radius 1 is 1.07 bits per heavy atom. The third-order valence-corrected chi connectivity index (χ3v) is 5.57. The third-order valence-electron chi connectivity index (χ3n) is 4.68. The smallest absolute Gasteiger partial charge is 0.332 e. The van der Waals surface area contributed by atoms with Crippen molar-refractivity contribution >= 4 is 27.5 Å². The molecule has 7 heteroatoms. The lowest BCUT2D eigenvalue weighted by molar-refractivity contribution is -0.121. The van der Waals surface area contributed by atoms with E-state index in [-0.39, 0.29) is 18.0 Å². The van der Waals surface area contributed by atoms with Gasteiger partial charge in [0, 0.05) is 13.1 Å². The van der Waals surface area contributed by atoms with Crippen molar-refractivity contribution in [1.82, 2.24) is 14.5 Å². The summed E-state index contributed by atoms with van der Waals surface area (Å²) in [6.45, 7) is 2.85. The first-order valence-corrected chi connectivity index (χ1v) is 10.5. The number of nitrogens with zero attached hydrogens (tertiary/aromatic N) is 2. The predicted molar refractivity (Wildman–Crippen MR) is 113 cm³/mol. The summed E-state index contributed by atoms with van der Waals surface area (Å²) in [4.78, 5) is 37.8. The van der Waals surface area contributed by atoms with E-state index in [2.05, 4.69) is 17.4 Å². The Balaban J connectivity index is 1.69. The zero-order valence-corrected chi connectivity index (χ0v) is 16.8. The standard InChI is InChI=1S/C21H25N3O3S/c1-2-3-13-23-20(26)19-17(11-14-28-19)24(21(23)27)15-18(25)22-12-7-10-16-8-5-4-6-9-16/h4-6,8-9,11,14H,2-3,7,10,12-13,15H2,1H3,(H,22,25). The summed E-state index contributed by atoms with van der Waals surface area (Å²) < 4.78 is 3.19. The van der Waals surface area contributed by atoms with Crippen LogP contribution in [-0.4, -0.2) is 21.6 Å². The van der Waals surface area contributed by atoms with Crippen molar-refractivity contribution in [1.29, 1.82) is 0 Å². The Labute approximate surface area is 167 Å². The fraction of sp³-hybridized carbons (Fsp3) is 0.381. The van der Waals surface area contributed by atoms with Crippen LogP contribution in [0, 0.1) is 0 Å². The Morgan fingerprint density at radius 3 is 2.61 bits per heavy atom. The molecule has 2 heterocycles. The predicted octanol–water partition coefficient (Wildman–Crippen LogP) is 2.77. The van der Waals surface area contributed by atoms with Crippen molar-refractivity contribution in [3.63, 3.8) is 0 Å². The van der Waals surface area contributed by atoms with Gasteiger partial charge in [-0.15, -0.1) is 11.3 Å². The van der Waals surface area contributed by atoms with Gasteiger partial charge in [-0.3, -0.25) is 18.7 Å². The van der Waals surface area contributed by atoms with Gasteiger partial charge in [-0.2, -0.15) is 0 Å². The first kappa shape index (κ1) is 20.1. The van der Waals surface area contributed by atoms with E-state index < -0.39 is 5.69 Å². The average Bonchev–Trinajstić information content (AvgIpc) is 3.19. The highest BCUT2D eigenvalue weighted by Crippen LogP contribution is 2.15. The van der Waals surface area contributed by atoms with Crippen LogP contribution in [-0.2, 0) is 24.3 Å². The molecule has 1 aromatic carbocycles. The fourth-order valence-electron chi connectivity index (χ4n) is 3.16. The lowest BCUT2D eigenvalue weighted by Gasteiger charge is -2.12. The molecule has 0 saturated heterocycles. The molecule has 0 aliphatic rings. The second-order valence-corrected chi connectivity index (χ2v) is 7.67. The summed E-state index contributed by atoms with van der Waals surface area (Å²) in [5, 5.41) is 4.66. The lowest BCUT2D eigenvalue weighted by Crippen LogP contribution is -2.42. The number of hydrogen-bond acceptors (Lipinski definition) is 4. The molecule has 0 fully saturated rings. The third kappa shape index (κ3) is 4.59. The van der Waals surface area contributed by atoms with Gasteiger partial charge in [-0.25, -0.2) is 4.79 Å². The van der Waals surface area contributed by atoms with Crippen molar-refractivity contribution in [2.45, 2.75) is 45.7 Å². The molecule has 0 atom stereocenters. The number of rotatable bonds is 9. The molecule has 2 aromatic heterocycles. The van der Waals surface area contributed by atoms with Crippen LogP contribution in [0.25, 0.3) is 10.2 Å². The minimum absolute atomic E-state index is 0.0796. The van der Waals surface area contributed by atoms with Crippen molar-refractivity contribution in [3.05, 3.63) is 68.2 Å². The molecule has 3 rings (SSSR count). The van der Waals surface area contributed by atoms with E-state index in [4.69, 9.17) is 0 Å². The Morgan fingerprint density at radius 2 is 1.86 bits per heavy atom. The highest BCUT2D eigenvalue weighted by Gasteiger charge is 2.16. The molecule has 0 saturated carbocycles. The molecule has 148 valence electrons. The summed E-state index contributed by atoms with van der Waals surface area (Å²) in [5.41, 5.74) is 1.09. The number of thiophene rings is 1. The highest BCUT2D eigenvalue weighted by atomic mass is 32.1. The number of aromatic nitrogens is 2. The number of carbonyl (C=O) groups is 1. The molecular formula is C21H25N3O3S. The number of benzene rings is 1. The molecule has 1 amide bonds. The van der Waals surface area contributed by atoms with Gasteiger partial charge in [0.1, 0.15) is 11.2 Å². The van der Waals surface area contributed by atoms with E-state index in [1.165, 1.54) is 26.0 Å². The summed E-state index contributed by atoms with van der Waals surface area (Å²) >= 11 is 1.31. The molecule has 1 N–H and O–H groups in total. The molecule has 0 aliphatic carbocycles. The normalized spacial score (nSPS) is 11.0. The van der Waals surface area contributed by atoms with Gasteiger partial charge in [-0.05, 0) is 36.3 Å². The SMILES string of the molecule is CCCCn1c(=O)c2sccc2n(CC(=O)NCCCc2ccccc2)c1=O. The van der Waals surface area contributed by atoms with Gasteiger partial charge >= 0.3 is 5.69 Å². The Kier molecular flexibility index (Phi) is 6.81. The number of carbonyl (C=O) groups excluding carboxylic acids is 1. The van der Waals surface area contributed by atoms with Crippen LogP contribution < -0.4 is 16.6 Å². The van der Waals surface area contributed by atoms with Crippen LogP contribution in [0.3, 0.4) is 0 Å². The van der Waals surface area contributed by atoms with Gasteiger partial charge < -0.3 is 5.32 Å². The first-order valence-electron chi connectivity index (χ1n) is 9.63. The van der Waals surface area contributed by atoms with Crippen LogP contribution in [0.2, 0.25) is 0 Å². The topological polar surface area (TPSA) is 73.1 Å². The first-order chi connectivity index (χ1) is 13.6. The number of unbranched alkanes of at least 4 members (excludes halogenated alkanes) is 1. The Hall–Kier alpha value is -2.67.